The van der Waals surface area contributed by atoms with Crippen LogP contribution in [0.3, 0.4) is 0 Å². The molecule has 0 radical (unpaired) electrons. The van der Waals surface area contributed by atoms with E-state index in [1.165, 1.54) is 6.07 Å². The molecule has 0 unspecified atom stereocenters. The Hall–Kier alpha value is -1.18. The lowest BCUT2D eigenvalue weighted by atomic mass is 9.93. The first-order chi connectivity index (χ1) is 12.4. The number of nitrogens with zero attached hydrogens (tertiary/aromatic N) is 1. The number of carbonyl (C=O) groups is 1. The van der Waals surface area contributed by atoms with E-state index in [1.54, 1.807) is 0 Å². The summed E-state index contributed by atoms with van der Waals surface area (Å²) >= 11 is 0. The van der Waals surface area contributed by atoms with Crippen molar-refractivity contribution in [3.63, 3.8) is 0 Å². The zero-order chi connectivity index (χ0) is 18.6. The lowest BCUT2D eigenvalue weighted by molar-refractivity contribution is -0.137. The molecule has 2 N–H and O–H groups in total. The van der Waals surface area contributed by atoms with Gasteiger partial charge in [0.2, 0.25) is 5.91 Å². The summed E-state index contributed by atoms with van der Waals surface area (Å²) in [5.41, 5.74) is 0.233. The third-order valence-electron chi connectivity index (χ3n) is 5.28. The van der Waals surface area contributed by atoms with Gasteiger partial charge < -0.3 is 15.5 Å². The number of hydrogen-bond acceptors (Lipinski definition) is 3. The van der Waals surface area contributed by atoms with Crippen molar-refractivity contribution >= 4 is 42.1 Å². The molecule has 0 saturated carbocycles. The van der Waals surface area contributed by atoms with Crippen LogP contribution in [0.2, 0.25) is 0 Å². The average molecular weight is 442 g/mol. The minimum absolute atomic E-state index is 0. The van der Waals surface area contributed by atoms with Gasteiger partial charge in [-0.2, -0.15) is 13.2 Å². The van der Waals surface area contributed by atoms with Crippen LogP contribution in [-0.4, -0.2) is 32.1 Å². The highest BCUT2D eigenvalue weighted by molar-refractivity contribution is 5.94. The van der Waals surface area contributed by atoms with Crippen LogP contribution in [-0.2, 0) is 11.0 Å². The second-order valence-electron chi connectivity index (χ2n) is 7.20. The summed E-state index contributed by atoms with van der Waals surface area (Å²) in [6, 6.07) is 3.64. The second kappa shape index (κ2) is 11.1. The fourth-order valence-electron chi connectivity index (χ4n) is 3.76. The van der Waals surface area contributed by atoms with Crippen molar-refractivity contribution < 1.29 is 18.0 Å². The number of nitrogens with one attached hydrogen (secondary N) is 2. The van der Waals surface area contributed by atoms with Gasteiger partial charge in [0.1, 0.15) is 0 Å². The molecule has 1 aromatic carbocycles. The standard InChI is InChI=1S/C19H26F3N3O.2ClH/c20-19(21,22)15-4-5-17(25-11-1-2-12-25)16(13-15)24-18(26)6-3-14-7-9-23-10-8-14;;/h4-5,13-14,23H,1-3,6-12H2,(H,24,26);2*1H. The summed E-state index contributed by atoms with van der Waals surface area (Å²) in [6.07, 6.45) is 0.851. The van der Waals surface area contributed by atoms with Gasteiger partial charge in [0.05, 0.1) is 16.9 Å². The van der Waals surface area contributed by atoms with Crippen molar-refractivity contribution in [3.05, 3.63) is 23.8 Å². The normalized spacial score (nSPS) is 17.6. The fourth-order valence-corrected chi connectivity index (χ4v) is 3.76. The first-order valence-electron chi connectivity index (χ1n) is 9.40. The fraction of sp³-hybridized carbons (Fsp3) is 0.632. The number of rotatable bonds is 5. The van der Waals surface area contributed by atoms with Crippen LogP contribution < -0.4 is 15.5 Å². The minimum Gasteiger partial charge on any atom is -0.370 e. The van der Waals surface area contributed by atoms with Crippen molar-refractivity contribution in [3.8, 4) is 0 Å². The Bertz CT molecular complexity index is 631. The van der Waals surface area contributed by atoms with Gasteiger partial charge in [-0.05, 0) is 69.3 Å². The number of halogens is 5. The van der Waals surface area contributed by atoms with Gasteiger partial charge in [-0.15, -0.1) is 24.8 Å². The summed E-state index contributed by atoms with van der Waals surface area (Å²) in [4.78, 5) is 14.4. The van der Waals surface area contributed by atoms with E-state index >= 15 is 0 Å². The maximum atomic E-state index is 13.1. The summed E-state index contributed by atoms with van der Waals surface area (Å²) in [6.45, 7) is 3.56. The van der Waals surface area contributed by atoms with Gasteiger partial charge in [-0.1, -0.05) is 0 Å². The Labute approximate surface area is 176 Å². The van der Waals surface area contributed by atoms with Crippen LogP contribution in [0, 0.1) is 5.92 Å². The van der Waals surface area contributed by atoms with Gasteiger partial charge in [-0.25, -0.2) is 0 Å². The minimum atomic E-state index is -4.42. The van der Waals surface area contributed by atoms with Crippen molar-refractivity contribution in [2.45, 2.75) is 44.7 Å². The monoisotopic (exact) mass is 441 g/mol. The van der Waals surface area contributed by atoms with Crippen molar-refractivity contribution in [1.82, 2.24) is 5.32 Å². The van der Waals surface area contributed by atoms with E-state index < -0.39 is 11.7 Å². The molecule has 2 fully saturated rings. The smallest absolute Gasteiger partial charge is 0.370 e. The Morgan fingerprint density at radius 3 is 2.39 bits per heavy atom. The molecule has 1 amide bonds. The highest BCUT2D eigenvalue weighted by Gasteiger charge is 2.32. The third kappa shape index (κ3) is 6.71. The number of alkyl halides is 3. The predicted octanol–water partition coefficient (Wildman–Crippen LogP) is 4.87. The topological polar surface area (TPSA) is 44.4 Å². The largest absolute Gasteiger partial charge is 0.416 e. The van der Waals surface area contributed by atoms with Gasteiger partial charge in [0, 0.05) is 19.5 Å². The molecule has 9 heteroatoms. The van der Waals surface area contributed by atoms with Crippen molar-refractivity contribution in [2.24, 2.45) is 5.92 Å². The maximum Gasteiger partial charge on any atom is 0.416 e. The molecular formula is C19H28Cl2F3N3O. The molecule has 0 aromatic heterocycles. The molecule has 2 aliphatic heterocycles. The molecule has 1 aromatic rings. The Balaban J connectivity index is 0.00000196. The third-order valence-corrected chi connectivity index (χ3v) is 5.28. The predicted molar refractivity (Wildman–Crippen MR) is 111 cm³/mol. The molecule has 3 rings (SSSR count). The number of benzene rings is 1. The highest BCUT2D eigenvalue weighted by atomic mass is 35.5. The molecule has 28 heavy (non-hydrogen) atoms. The van der Waals surface area contributed by atoms with E-state index in [4.69, 9.17) is 0 Å². The second-order valence-corrected chi connectivity index (χ2v) is 7.20. The Kier molecular flexibility index (Phi) is 9.87. The van der Waals surface area contributed by atoms with E-state index in [2.05, 4.69) is 10.6 Å². The van der Waals surface area contributed by atoms with Gasteiger partial charge >= 0.3 is 6.18 Å². The molecule has 2 heterocycles. The summed E-state index contributed by atoms with van der Waals surface area (Å²) in [7, 11) is 0. The average Bonchev–Trinajstić information content (AvgIpc) is 3.14. The van der Waals surface area contributed by atoms with Crippen LogP contribution in [0.15, 0.2) is 18.2 Å². The summed E-state index contributed by atoms with van der Waals surface area (Å²) in [5, 5.41) is 6.03. The summed E-state index contributed by atoms with van der Waals surface area (Å²) in [5.74, 6) is 0.310. The zero-order valence-corrected chi connectivity index (χ0v) is 17.3. The molecular weight excluding hydrogens is 414 g/mol. The summed E-state index contributed by atoms with van der Waals surface area (Å²) < 4.78 is 39.2. The van der Waals surface area contributed by atoms with Crippen LogP contribution in [0.25, 0.3) is 0 Å². The van der Waals surface area contributed by atoms with E-state index in [0.717, 1.165) is 70.4 Å². The lowest BCUT2D eigenvalue weighted by Crippen LogP contribution is -2.28. The quantitative estimate of drug-likeness (QED) is 0.684. The molecule has 0 spiro atoms. The van der Waals surface area contributed by atoms with Crippen LogP contribution in [0.1, 0.15) is 44.1 Å². The number of anilines is 2. The molecule has 0 atom stereocenters. The van der Waals surface area contributed by atoms with Gasteiger partial charge in [0.25, 0.3) is 0 Å². The maximum absolute atomic E-state index is 13.1. The SMILES string of the molecule is Cl.Cl.O=C(CCC1CCNCC1)Nc1cc(C(F)(F)F)ccc1N1CCCC1. The molecule has 0 bridgehead atoms. The molecule has 2 saturated heterocycles. The number of carbonyl (C=O) groups excluding carboxylic acids is 1. The Morgan fingerprint density at radius 1 is 1.14 bits per heavy atom. The molecule has 0 aliphatic carbocycles. The van der Waals surface area contributed by atoms with E-state index in [-0.39, 0.29) is 36.4 Å². The van der Waals surface area contributed by atoms with E-state index in [1.807, 2.05) is 4.90 Å². The molecule has 160 valence electrons. The van der Waals surface area contributed by atoms with Gasteiger partial charge in [-0.3, -0.25) is 4.79 Å². The molecule has 2 aliphatic rings. The lowest BCUT2D eigenvalue weighted by Gasteiger charge is -2.24. The zero-order valence-electron chi connectivity index (χ0n) is 15.7. The first kappa shape index (κ1) is 24.9. The number of amides is 1. The van der Waals surface area contributed by atoms with Crippen LogP contribution in [0.5, 0.6) is 0 Å². The highest BCUT2D eigenvalue weighted by Crippen LogP contribution is 2.36. The first-order valence-corrected chi connectivity index (χ1v) is 9.40. The number of hydrogen-bond donors (Lipinski definition) is 2. The van der Waals surface area contributed by atoms with E-state index in [0.29, 0.717) is 18.0 Å². The van der Waals surface area contributed by atoms with E-state index in [9.17, 15) is 18.0 Å². The molecule has 4 nitrogen and oxygen atoms in total. The van der Waals surface area contributed by atoms with Crippen LogP contribution >= 0.6 is 24.8 Å². The van der Waals surface area contributed by atoms with Crippen molar-refractivity contribution in [1.29, 1.82) is 0 Å². The van der Waals surface area contributed by atoms with Crippen molar-refractivity contribution in [2.75, 3.05) is 36.4 Å². The Morgan fingerprint density at radius 2 is 1.79 bits per heavy atom. The van der Waals surface area contributed by atoms with Gasteiger partial charge in [0.15, 0.2) is 0 Å². The van der Waals surface area contributed by atoms with Crippen LogP contribution in [0.4, 0.5) is 24.5 Å². The number of piperidine rings is 1.